The molecule has 160 valence electrons. The van der Waals surface area contributed by atoms with E-state index < -0.39 is 5.97 Å². The Bertz CT molecular complexity index is 683. The molecule has 1 amide bonds. The largest absolute Gasteiger partial charge is 0.494 e. The van der Waals surface area contributed by atoms with Crippen LogP contribution in [0.4, 0.5) is 0 Å². The Balaban J connectivity index is 1.51. The highest BCUT2D eigenvalue weighted by Crippen LogP contribution is 2.46. The van der Waals surface area contributed by atoms with Crippen LogP contribution >= 0.6 is 0 Å². The van der Waals surface area contributed by atoms with Gasteiger partial charge in [-0.15, -0.1) is 0 Å². The van der Waals surface area contributed by atoms with Crippen LogP contribution < -0.4 is 4.74 Å². The first-order chi connectivity index (χ1) is 14.0. The monoisotopic (exact) mass is 404 g/mol. The second-order valence-electron chi connectivity index (χ2n) is 8.22. The van der Waals surface area contributed by atoms with Crippen molar-refractivity contribution in [3.63, 3.8) is 0 Å². The van der Waals surface area contributed by atoms with Crippen molar-refractivity contribution in [3.8, 4) is 5.75 Å². The maximum absolute atomic E-state index is 12.4. The first-order valence-electron chi connectivity index (χ1n) is 10.4. The van der Waals surface area contributed by atoms with Gasteiger partial charge in [0.05, 0.1) is 19.6 Å². The van der Waals surface area contributed by atoms with Crippen LogP contribution in [0.25, 0.3) is 0 Å². The van der Waals surface area contributed by atoms with Crippen LogP contribution in [-0.2, 0) is 14.3 Å². The topological polar surface area (TPSA) is 79.3 Å². The minimum Gasteiger partial charge on any atom is -0.494 e. The lowest BCUT2D eigenvalue weighted by atomic mass is 9.77. The molecule has 0 aromatic heterocycles. The standard InChI is InChI=1S/C22H32N2O5/c1-28-13-9-20(25)24-15-18-14-23(16-22(18,17-24)10-8-21(26)27)11-5-12-29-19-6-3-2-4-7-19/h2-4,6-7,18H,5,8-17H2,1H3,(H,26,27). The molecule has 2 fully saturated rings. The number of methoxy groups -OCH3 is 1. The first kappa shape index (κ1) is 21.6. The predicted octanol–water partition coefficient (Wildman–Crippen LogP) is 2.12. The van der Waals surface area contributed by atoms with E-state index in [1.165, 1.54) is 0 Å². The molecule has 2 aliphatic rings. The minimum atomic E-state index is -0.767. The number of carbonyl (C=O) groups is 2. The number of ether oxygens (including phenoxy) is 2. The summed E-state index contributed by atoms with van der Waals surface area (Å²) in [6, 6.07) is 9.80. The summed E-state index contributed by atoms with van der Waals surface area (Å²) in [5, 5.41) is 9.20. The number of carbonyl (C=O) groups excluding carboxylic acids is 1. The van der Waals surface area contributed by atoms with Crippen molar-refractivity contribution < 1.29 is 24.2 Å². The molecule has 2 aliphatic heterocycles. The molecule has 0 aliphatic carbocycles. The average Bonchev–Trinajstić information content (AvgIpc) is 3.23. The second-order valence-corrected chi connectivity index (χ2v) is 8.22. The molecule has 0 bridgehead atoms. The van der Waals surface area contributed by atoms with E-state index in [2.05, 4.69) is 4.90 Å². The van der Waals surface area contributed by atoms with Crippen molar-refractivity contribution in [2.24, 2.45) is 11.3 Å². The zero-order valence-electron chi connectivity index (χ0n) is 17.2. The zero-order valence-corrected chi connectivity index (χ0v) is 17.2. The highest BCUT2D eigenvalue weighted by molar-refractivity contribution is 5.76. The van der Waals surface area contributed by atoms with E-state index >= 15 is 0 Å². The number of carboxylic acids is 1. The summed E-state index contributed by atoms with van der Waals surface area (Å²) < 4.78 is 10.8. The van der Waals surface area contributed by atoms with Crippen LogP contribution in [0.5, 0.6) is 5.75 Å². The molecular formula is C22H32N2O5. The highest BCUT2D eigenvalue weighted by atomic mass is 16.5. The first-order valence-corrected chi connectivity index (χ1v) is 10.4. The molecule has 0 radical (unpaired) electrons. The fourth-order valence-electron chi connectivity index (χ4n) is 4.71. The van der Waals surface area contributed by atoms with Gasteiger partial charge in [0.25, 0.3) is 0 Å². The van der Waals surface area contributed by atoms with Crippen LogP contribution in [0.3, 0.4) is 0 Å². The van der Waals surface area contributed by atoms with Crippen LogP contribution in [0, 0.1) is 11.3 Å². The molecule has 0 spiro atoms. The van der Waals surface area contributed by atoms with Gasteiger partial charge in [0.15, 0.2) is 0 Å². The fourth-order valence-corrected chi connectivity index (χ4v) is 4.71. The maximum atomic E-state index is 12.4. The van der Waals surface area contributed by atoms with E-state index in [0.29, 0.717) is 38.5 Å². The molecule has 0 saturated carbocycles. The molecule has 1 aromatic rings. The molecule has 2 saturated heterocycles. The summed E-state index contributed by atoms with van der Waals surface area (Å²) in [6.45, 7) is 5.16. The number of likely N-dealkylation sites (tertiary alicyclic amines) is 2. The van der Waals surface area contributed by atoms with Crippen molar-refractivity contribution >= 4 is 11.9 Å². The van der Waals surface area contributed by atoms with Gasteiger partial charge in [0.2, 0.25) is 5.91 Å². The van der Waals surface area contributed by atoms with E-state index in [4.69, 9.17) is 9.47 Å². The normalized spacial score (nSPS) is 23.9. The third-order valence-electron chi connectivity index (χ3n) is 6.17. The molecule has 2 heterocycles. The van der Waals surface area contributed by atoms with E-state index in [1.807, 2.05) is 35.2 Å². The Hall–Kier alpha value is -2.12. The summed E-state index contributed by atoms with van der Waals surface area (Å²) in [6.07, 6.45) is 2.09. The summed E-state index contributed by atoms with van der Waals surface area (Å²) in [7, 11) is 1.60. The number of para-hydroxylation sites is 1. The zero-order chi connectivity index (χ0) is 20.7. The third-order valence-corrected chi connectivity index (χ3v) is 6.17. The summed E-state index contributed by atoms with van der Waals surface area (Å²) >= 11 is 0. The van der Waals surface area contributed by atoms with E-state index in [0.717, 1.165) is 38.3 Å². The van der Waals surface area contributed by atoms with E-state index in [9.17, 15) is 14.7 Å². The number of rotatable bonds is 11. The summed E-state index contributed by atoms with van der Waals surface area (Å²) in [5.41, 5.74) is -0.110. The van der Waals surface area contributed by atoms with E-state index in [-0.39, 0.29) is 17.7 Å². The predicted molar refractivity (Wildman–Crippen MR) is 109 cm³/mol. The Kier molecular flexibility index (Phi) is 7.50. The fraction of sp³-hybridized carbons (Fsp3) is 0.636. The second kappa shape index (κ2) is 10.1. The summed E-state index contributed by atoms with van der Waals surface area (Å²) in [4.78, 5) is 28.0. The third kappa shape index (κ3) is 5.70. The molecule has 2 unspecified atom stereocenters. The van der Waals surface area contributed by atoms with Crippen molar-refractivity contribution in [2.75, 3.05) is 53.0 Å². The van der Waals surface area contributed by atoms with Gasteiger partial charge in [-0.05, 0) is 30.9 Å². The van der Waals surface area contributed by atoms with Crippen LogP contribution in [0.15, 0.2) is 30.3 Å². The van der Waals surface area contributed by atoms with Gasteiger partial charge in [-0.3, -0.25) is 9.59 Å². The molecule has 2 atom stereocenters. The van der Waals surface area contributed by atoms with Gasteiger partial charge >= 0.3 is 5.97 Å². The maximum Gasteiger partial charge on any atom is 0.303 e. The quantitative estimate of drug-likeness (QED) is 0.569. The number of hydrogen-bond donors (Lipinski definition) is 1. The lowest BCUT2D eigenvalue weighted by molar-refractivity contribution is -0.137. The van der Waals surface area contributed by atoms with Gasteiger partial charge < -0.3 is 24.4 Å². The highest BCUT2D eigenvalue weighted by Gasteiger charge is 2.52. The van der Waals surface area contributed by atoms with Crippen LogP contribution in [0.2, 0.25) is 0 Å². The molecule has 7 heteroatoms. The van der Waals surface area contributed by atoms with Crippen molar-refractivity contribution in [1.29, 1.82) is 0 Å². The lowest BCUT2D eigenvalue weighted by Gasteiger charge is -2.29. The number of aliphatic carboxylic acids is 1. The number of nitrogens with zero attached hydrogens (tertiary/aromatic N) is 2. The van der Waals surface area contributed by atoms with Crippen LogP contribution in [0.1, 0.15) is 25.7 Å². The van der Waals surface area contributed by atoms with Gasteiger partial charge in [-0.1, -0.05) is 18.2 Å². The number of benzene rings is 1. The Morgan fingerprint density at radius 1 is 1.14 bits per heavy atom. The minimum absolute atomic E-state index is 0.110. The SMILES string of the molecule is COCCC(=O)N1CC2CN(CCCOc3ccccc3)CC2(CCC(=O)O)C1. The molecular weight excluding hydrogens is 372 g/mol. The number of carboxylic acid groups (broad SMARTS) is 1. The Morgan fingerprint density at radius 2 is 1.93 bits per heavy atom. The average molecular weight is 405 g/mol. The Labute approximate surface area is 172 Å². The Morgan fingerprint density at radius 3 is 2.66 bits per heavy atom. The van der Waals surface area contributed by atoms with Gasteiger partial charge in [0.1, 0.15) is 5.75 Å². The van der Waals surface area contributed by atoms with Crippen LogP contribution in [-0.4, -0.2) is 79.8 Å². The molecule has 3 rings (SSSR count). The number of amides is 1. The van der Waals surface area contributed by atoms with Crippen molar-refractivity contribution in [1.82, 2.24) is 9.80 Å². The molecule has 7 nitrogen and oxygen atoms in total. The van der Waals surface area contributed by atoms with Gasteiger partial charge in [-0.2, -0.15) is 0 Å². The number of hydrogen-bond acceptors (Lipinski definition) is 5. The molecule has 1 N–H and O–H groups in total. The smallest absolute Gasteiger partial charge is 0.303 e. The van der Waals surface area contributed by atoms with Crippen molar-refractivity contribution in [3.05, 3.63) is 30.3 Å². The molecule has 29 heavy (non-hydrogen) atoms. The van der Waals surface area contributed by atoms with Gasteiger partial charge in [-0.25, -0.2) is 0 Å². The lowest BCUT2D eigenvalue weighted by Crippen LogP contribution is -2.37. The van der Waals surface area contributed by atoms with Crippen molar-refractivity contribution in [2.45, 2.75) is 25.7 Å². The summed E-state index contributed by atoms with van der Waals surface area (Å²) in [5.74, 6) is 0.563. The molecule has 1 aromatic carbocycles. The number of fused-ring (bicyclic) bond motifs is 1. The van der Waals surface area contributed by atoms with E-state index in [1.54, 1.807) is 7.11 Å². The van der Waals surface area contributed by atoms with Gasteiger partial charge in [0, 0.05) is 51.7 Å².